The Bertz CT molecular complexity index is 967. The Morgan fingerprint density at radius 3 is 2.73 bits per heavy atom. The van der Waals surface area contributed by atoms with Crippen LogP contribution in [0.3, 0.4) is 0 Å². The summed E-state index contributed by atoms with van der Waals surface area (Å²) in [5, 5.41) is 2.72. The number of hydrogen-bond acceptors (Lipinski definition) is 4. The van der Waals surface area contributed by atoms with Crippen LogP contribution in [0.1, 0.15) is 58.6 Å². The lowest BCUT2D eigenvalue weighted by molar-refractivity contribution is 0.0710. The highest BCUT2D eigenvalue weighted by Crippen LogP contribution is 2.43. The first kappa shape index (κ1) is 16.3. The third-order valence-electron chi connectivity index (χ3n) is 5.40. The molecule has 1 aromatic carbocycles. The van der Waals surface area contributed by atoms with Crippen molar-refractivity contribution in [3.05, 3.63) is 51.0 Å². The molecule has 0 radical (unpaired) electrons. The summed E-state index contributed by atoms with van der Waals surface area (Å²) in [6.45, 7) is 1.51. The van der Waals surface area contributed by atoms with E-state index in [9.17, 15) is 4.79 Å². The summed E-state index contributed by atoms with van der Waals surface area (Å²) in [6, 6.07) is 7.64. The second kappa shape index (κ2) is 6.39. The Kier molecular flexibility index (Phi) is 4.02. The molecule has 1 amide bonds. The van der Waals surface area contributed by atoms with Crippen LogP contribution in [-0.2, 0) is 0 Å². The van der Waals surface area contributed by atoms with Crippen molar-refractivity contribution >= 4 is 39.9 Å². The van der Waals surface area contributed by atoms with Crippen LogP contribution < -0.4 is 0 Å². The number of thiophene rings is 1. The summed E-state index contributed by atoms with van der Waals surface area (Å²) in [5.41, 5.74) is 2.84. The number of carbonyl (C=O) groups excluding carboxylic acids is 1. The quantitative estimate of drug-likeness (QED) is 0.602. The van der Waals surface area contributed by atoms with Gasteiger partial charge in [-0.15, -0.1) is 11.3 Å². The normalized spacial score (nSPS) is 18.6. The lowest BCUT2D eigenvalue weighted by atomic mass is 9.96. The molecule has 26 heavy (non-hydrogen) atoms. The van der Waals surface area contributed by atoms with Crippen LogP contribution in [0.2, 0.25) is 5.02 Å². The summed E-state index contributed by atoms with van der Waals surface area (Å²) >= 11 is 7.62. The van der Waals surface area contributed by atoms with Gasteiger partial charge in [0, 0.05) is 24.0 Å². The second-order valence-electron chi connectivity index (χ2n) is 7.21. The van der Waals surface area contributed by atoms with E-state index in [2.05, 4.69) is 16.4 Å². The zero-order valence-corrected chi connectivity index (χ0v) is 15.9. The summed E-state index contributed by atoms with van der Waals surface area (Å²) < 4.78 is 5.92. The minimum atomic E-state index is 0.199. The van der Waals surface area contributed by atoms with Crippen molar-refractivity contribution in [2.45, 2.75) is 37.5 Å². The zero-order valence-electron chi connectivity index (χ0n) is 14.3. The van der Waals surface area contributed by atoms with Crippen LogP contribution in [-0.4, -0.2) is 28.9 Å². The highest BCUT2D eigenvalue weighted by Gasteiger charge is 2.32. The second-order valence-corrected chi connectivity index (χ2v) is 8.56. The molecule has 1 aliphatic heterocycles. The summed E-state index contributed by atoms with van der Waals surface area (Å²) in [5.74, 6) is 1.84. The fourth-order valence-corrected chi connectivity index (χ4v) is 4.89. The van der Waals surface area contributed by atoms with E-state index in [1.165, 1.54) is 18.4 Å². The van der Waals surface area contributed by atoms with Gasteiger partial charge in [-0.1, -0.05) is 11.6 Å². The largest absolute Gasteiger partial charge is 0.440 e. The molecule has 2 fully saturated rings. The van der Waals surface area contributed by atoms with E-state index in [1.807, 2.05) is 23.1 Å². The van der Waals surface area contributed by atoms with Crippen molar-refractivity contribution in [2.24, 2.45) is 0 Å². The number of nitrogens with zero attached hydrogens (tertiary/aromatic N) is 2. The number of halogens is 1. The number of carbonyl (C=O) groups is 1. The third-order valence-corrected chi connectivity index (χ3v) is 6.56. The molecule has 6 heteroatoms. The SMILES string of the molecule is O=C(c1sccc1C1CC1)N1CCC(c2nc3cc(Cl)ccc3o2)CC1. The van der Waals surface area contributed by atoms with Gasteiger partial charge < -0.3 is 9.32 Å². The highest BCUT2D eigenvalue weighted by atomic mass is 35.5. The lowest BCUT2D eigenvalue weighted by Crippen LogP contribution is -2.38. The van der Waals surface area contributed by atoms with E-state index < -0.39 is 0 Å². The van der Waals surface area contributed by atoms with E-state index in [0.717, 1.165) is 47.8 Å². The van der Waals surface area contributed by atoms with Gasteiger partial charge in [0.05, 0.1) is 4.88 Å². The van der Waals surface area contributed by atoms with Gasteiger partial charge in [-0.05, 0) is 66.8 Å². The molecule has 0 atom stereocenters. The maximum atomic E-state index is 12.9. The number of benzene rings is 1. The molecule has 2 aromatic heterocycles. The van der Waals surface area contributed by atoms with E-state index in [-0.39, 0.29) is 11.8 Å². The molecule has 1 saturated heterocycles. The summed E-state index contributed by atoms with van der Waals surface area (Å²) in [4.78, 5) is 20.5. The number of rotatable bonds is 3. The monoisotopic (exact) mass is 386 g/mol. The summed E-state index contributed by atoms with van der Waals surface area (Å²) in [6.07, 6.45) is 4.22. The fraction of sp³-hybridized carbons (Fsp3) is 0.400. The maximum Gasteiger partial charge on any atom is 0.264 e. The van der Waals surface area contributed by atoms with Gasteiger partial charge in [-0.25, -0.2) is 4.98 Å². The standard InChI is InChI=1S/C20H19ClN2O2S/c21-14-3-4-17-16(11-14)22-19(25-17)13-5-8-23(9-6-13)20(24)18-15(7-10-26-18)12-1-2-12/h3-4,7,10-13H,1-2,5-6,8-9H2. The molecule has 0 N–H and O–H groups in total. The molecule has 1 saturated carbocycles. The van der Waals surface area contributed by atoms with Crippen molar-refractivity contribution in [1.29, 1.82) is 0 Å². The molecule has 0 spiro atoms. The zero-order chi connectivity index (χ0) is 17.7. The van der Waals surface area contributed by atoms with Gasteiger partial charge in [-0.2, -0.15) is 0 Å². The van der Waals surface area contributed by atoms with E-state index >= 15 is 0 Å². The van der Waals surface area contributed by atoms with Crippen LogP contribution in [0.4, 0.5) is 0 Å². The van der Waals surface area contributed by atoms with Crippen molar-refractivity contribution in [1.82, 2.24) is 9.88 Å². The maximum absolute atomic E-state index is 12.9. The van der Waals surface area contributed by atoms with Crippen molar-refractivity contribution in [3.63, 3.8) is 0 Å². The average molecular weight is 387 g/mol. The van der Waals surface area contributed by atoms with Crippen LogP contribution >= 0.6 is 22.9 Å². The topological polar surface area (TPSA) is 46.3 Å². The number of fused-ring (bicyclic) bond motifs is 1. The first-order chi connectivity index (χ1) is 12.7. The minimum Gasteiger partial charge on any atom is -0.440 e. The number of hydrogen-bond donors (Lipinski definition) is 0. The van der Waals surface area contributed by atoms with E-state index in [0.29, 0.717) is 10.9 Å². The molecule has 0 bridgehead atoms. The van der Waals surface area contributed by atoms with Crippen molar-refractivity contribution in [3.8, 4) is 0 Å². The molecule has 2 aliphatic rings. The van der Waals surface area contributed by atoms with Gasteiger partial charge >= 0.3 is 0 Å². The molecule has 134 valence electrons. The first-order valence-electron chi connectivity index (χ1n) is 9.11. The Hall–Kier alpha value is -1.85. The van der Waals surface area contributed by atoms with Crippen LogP contribution in [0.5, 0.6) is 0 Å². The van der Waals surface area contributed by atoms with Gasteiger partial charge in [0.1, 0.15) is 5.52 Å². The Balaban J connectivity index is 1.29. The number of oxazole rings is 1. The fourth-order valence-electron chi connectivity index (χ4n) is 3.77. The Morgan fingerprint density at radius 1 is 1.15 bits per heavy atom. The Labute approximate surface area is 160 Å². The molecule has 0 unspecified atom stereocenters. The minimum absolute atomic E-state index is 0.199. The molecule has 5 rings (SSSR count). The Morgan fingerprint density at radius 2 is 1.96 bits per heavy atom. The third kappa shape index (κ3) is 2.93. The molecule has 4 nitrogen and oxygen atoms in total. The average Bonchev–Trinajstić information content (AvgIpc) is 3.23. The van der Waals surface area contributed by atoms with Crippen LogP contribution in [0.15, 0.2) is 34.1 Å². The van der Waals surface area contributed by atoms with Gasteiger partial charge in [0.2, 0.25) is 0 Å². The molecular weight excluding hydrogens is 368 g/mol. The van der Waals surface area contributed by atoms with Crippen LogP contribution in [0.25, 0.3) is 11.1 Å². The van der Waals surface area contributed by atoms with Crippen molar-refractivity contribution in [2.75, 3.05) is 13.1 Å². The summed E-state index contributed by atoms with van der Waals surface area (Å²) in [7, 11) is 0. The van der Waals surface area contributed by atoms with Crippen LogP contribution in [0, 0.1) is 0 Å². The van der Waals surface area contributed by atoms with Gasteiger partial charge in [0.25, 0.3) is 5.91 Å². The number of amides is 1. The molecule has 1 aliphatic carbocycles. The van der Waals surface area contributed by atoms with Crippen molar-refractivity contribution < 1.29 is 9.21 Å². The number of piperidine rings is 1. The van der Waals surface area contributed by atoms with Gasteiger partial charge in [0.15, 0.2) is 11.5 Å². The molecule has 3 aromatic rings. The highest BCUT2D eigenvalue weighted by molar-refractivity contribution is 7.12. The predicted molar refractivity (Wildman–Crippen MR) is 103 cm³/mol. The van der Waals surface area contributed by atoms with E-state index in [1.54, 1.807) is 11.3 Å². The van der Waals surface area contributed by atoms with Gasteiger partial charge in [-0.3, -0.25) is 4.79 Å². The molecular formula is C20H19ClN2O2S. The number of likely N-dealkylation sites (tertiary alicyclic amines) is 1. The first-order valence-corrected chi connectivity index (χ1v) is 10.4. The van der Waals surface area contributed by atoms with E-state index in [4.69, 9.17) is 16.0 Å². The molecule has 3 heterocycles. The predicted octanol–water partition coefficient (Wildman–Crippen LogP) is 5.44. The smallest absolute Gasteiger partial charge is 0.264 e. The number of aromatic nitrogens is 1. The lowest BCUT2D eigenvalue weighted by Gasteiger charge is -2.30.